The number of hydrogen-bond donors (Lipinski definition) is 1. The van der Waals surface area contributed by atoms with E-state index < -0.39 is 0 Å². The molecule has 0 radical (unpaired) electrons. The molecule has 0 aliphatic heterocycles. The van der Waals surface area contributed by atoms with Gasteiger partial charge in [-0.3, -0.25) is 0 Å². The fourth-order valence-corrected chi connectivity index (χ4v) is 2.71. The van der Waals surface area contributed by atoms with Crippen molar-refractivity contribution in [2.45, 2.75) is 38.1 Å². The van der Waals surface area contributed by atoms with Crippen LogP contribution in [0.2, 0.25) is 5.02 Å². The van der Waals surface area contributed by atoms with E-state index in [2.05, 4.69) is 17.4 Å². The Labute approximate surface area is 126 Å². The molecule has 0 heterocycles. The van der Waals surface area contributed by atoms with Crippen LogP contribution in [0.3, 0.4) is 0 Å². The normalized spacial score (nSPS) is 20.1. The summed E-state index contributed by atoms with van der Waals surface area (Å²) >= 11 is 6.07. The third kappa shape index (κ3) is 5.08. The lowest BCUT2D eigenvalue weighted by molar-refractivity contribution is 0.0906. The SMILES string of the molecule is Clc1cccc(CC(CNC2CC2)COCC2CC2)c1. The van der Waals surface area contributed by atoms with Gasteiger partial charge < -0.3 is 10.1 Å². The fraction of sp³-hybridized carbons (Fsp3) is 0.647. The molecule has 0 spiro atoms. The van der Waals surface area contributed by atoms with Gasteiger partial charge in [-0.2, -0.15) is 0 Å². The standard InChI is InChI=1S/C17H24ClNO/c18-16-3-1-2-14(9-16)8-15(10-19-17-6-7-17)12-20-11-13-4-5-13/h1-3,9,13,15,17,19H,4-8,10-12H2. The zero-order chi connectivity index (χ0) is 13.8. The van der Waals surface area contributed by atoms with Crippen molar-refractivity contribution < 1.29 is 4.74 Å². The topological polar surface area (TPSA) is 21.3 Å². The van der Waals surface area contributed by atoms with Gasteiger partial charge >= 0.3 is 0 Å². The molecule has 3 rings (SSSR count). The van der Waals surface area contributed by atoms with Gasteiger partial charge in [0.2, 0.25) is 0 Å². The zero-order valence-corrected chi connectivity index (χ0v) is 12.7. The molecule has 0 aromatic heterocycles. The van der Waals surface area contributed by atoms with Gasteiger partial charge in [-0.05, 0) is 61.6 Å². The highest BCUT2D eigenvalue weighted by atomic mass is 35.5. The molecule has 2 aliphatic rings. The smallest absolute Gasteiger partial charge is 0.0509 e. The summed E-state index contributed by atoms with van der Waals surface area (Å²) in [6.45, 7) is 2.88. The highest BCUT2D eigenvalue weighted by Gasteiger charge is 2.24. The Balaban J connectivity index is 1.48. The maximum atomic E-state index is 6.07. The van der Waals surface area contributed by atoms with Gasteiger partial charge in [0.25, 0.3) is 0 Å². The highest BCUT2D eigenvalue weighted by molar-refractivity contribution is 6.30. The third-order valence-electron chi connectivity index (χ3n) is 4.09. The second-order valence-electron chi connectivity index (χ2n) is 6.36. The van der Waals surface area contributed by atoms with Crippen LogP contribution >= 0.6 is 11.6 Å². The van der Waals surface area contributed by atoms with Crippen LogP contribution in [0.4, 0.5) is 0 Å². The van der Waals surface area contributed by atoms with Crippen LogP contribution in [0, 0.1) is 11.8 Å². The summed E-state index contributed by atoms with van der Waals surface area (Å²) in [4.78, 5) is 0. The molecule has 1 N–H and O–H groups in total. The molecular formula is C17H24ClNO. The first-order chi connectivity index (χ1) is 9.79. The molecule has 2 fully saturated rings. The minimum atomic E-state index is 0.549. The van der Waals surface area contributed by atoms with E-state index in [9.17, 15) is 0 Å². The van der Waals surface area contributed by atoms with E-state index in [1.54, 1.807) is 0 Å². The number of rotatable bonds is 9. The maximum Gasteiger partial charge on any atom is 0.0509 e. The van der Waals surface area contributed by atoms with E-state index in [0.717, 1.165) is 43.2 Å². The largest absolute Gasteiger partial charge is 0.381 e. The van der Waals surface area contributed by atoms with E-state index in [0.29, 0.717) is 5.92 Å². The molecule has 110 valence electrons. The Morgan fingerprint density at radius 3 is 2.80 bits per heavy atom. The first kappa shape index (κ1) is 14.4. The summed E-state index contributed by atoms with van der Waals surface area (Å²) in [5.74, 6) is 1.39. The Bertz CT molecular complexity index is 429. The Morgan fingerprint density at radius 2 is 2.10 bits per heavy atom. The van der Waals surface area contributed by atoms with Gasteiger partial charge in [0.15, 0.2) is 0 Å². The molecule has 2 saturated carbocycles. The molecule has 0 saturated heterocycles. The first-order valence-electron chi connectivity index (χ1n) is 7.85. The monoisotopic (exact) mass is 293 g/mol. The van der Waals surface area contributed by atoms with Crippen molar-refractivity contribution in [1.82, 2.24) is 5.32 Å². The number of nitrogens with one attached hydrogen (secondary N) is 1. The molecule has 0 amide bonds. The van der Waals surface area contributed by atoms with Gasteiger partial charge in [0.05, 0.1) is 6.61 Å². The highest BCUT2D eigenvalue weighted by Crippen LogP contribution is 2.29. The second kappa shape index (κ2) is 6.93. The van der Waals surface area contributed by atoms with Gasteiger partial charge in [0.1, 0.15) is 0 Å². The van der Waals surface area contributed by atoms with Crippen LogP contribution < -0.4 is 5.32 Å². The van der Waals surface area contributed by atoms with E-state index >= 15 is 0 Å². The lowest BCUT2D eigenvalue weighted by Crippen LogP contribution is -2.29. The molecule has 1 unspecified atom stereocenters. The molecule has 1 aromatic rings. The second-order valence-corrected chi connectivity index (χ2v) is 6.80. The number of halogens is 1. The van der Waals surface area contributed by atoms with Crippen LogP contribution in [0.5, 0.6) is 0 Å². The maximum absolute atomic E-state index is 6.07. The molecule has 0 bridgehead atoms. The molecule has 20 heavy (non-hydrogen) atoms. The summed E-state index contributed by atoms with van der Waals surface area (Å²) in [7, 11) is 0. The minimum absolute atomic E-state index is 0.549. The summed E-state index contributed by atoms with van der Waals surface area (Å²) < 4.78 is 5.90. The van der Waals surface area contributed by atoms with Crippen molar-refractivity contribution in [3.05, 3.63) is 34.9 Å². The number of benzene rings is 1. The number of ether oxygens (including phenoxy) is 1. The Morgan fingerprint density at radius 1 is 1.25 bits per heavy atom. The fourth-order valence-electron chi connectivity index (χ4n) is 2.49. The van der Waals surface area contributed by atoms with Gasteiger partial charge in [-0.1, -0.05) is 23.7 Å². The Hall–Kier alpha value is -0.570. The van der Waals surface area contributed by atoms with Gasteiger partial charge in [-0.25, -0.2) is 0 Å². The van der Waals surface area contributed by atoms with E-state index in [4.69, 9.17) is 16.3 Å². The molecule has 1 atom stereocenters. The van der Waals surface area contributed by atoms with Crippen LogP contribution in [0.15, 0.2) is 24.3 Å². The summed E-state index contributed by atoms with van der Waals surface area (Å²) in [5, 5.41) is 4.46. The molecule has 1 aromatic carbocycles. The van der Waals surface area contributed by atoms with Crippen LogP contribution in [0.1, 0.15) is 31.2 Å². The average Bonchev–Trinajstić information content (AvgIpc) is 3.30. The minimum Gasteiger partial charge on any atom is -0.381 e. The van der Waals surface area contributed by atoms with Crippen LogP contribution in [-0.4, -0.2) is 25.8 Å². The summed E-state index contributed by atoms with van der Waals surface area (Å²) in [6.07, 6.45) is 6.45. The predicted octanol–water partition coefficient (Wildman–Crippen LogP) is 3.68. The van der Waals surface area contributed by atoms with Gasteiger partial charge in [-0.15, -0.1) is 0 Å². The molecule has 2 nitrogen and oxygen atoms in total. The first-order valence-corrected chi connectivity index (χ1v) is 8.23. The predicted molar refractivity (Wildman–Crippen MR) is 83.2 cm³/mol. The van der Waals surface area contributed by atoms with Crippen LogP contribution in [-0.2, 0) is 11.2 Å². The molecular weight excluding hydrogens is 270 g/mol. The van der Waals surface area contributed by atoms with E-state index in [1.807, 2.05) is 12.1 Å². The van der Waals surface area contributed by atoms with Crippen molar-refractivity contribution in [1.29, 1.82) is 0 Å². The van der Waals surface area contributed by atoms with Crippen molar-refractivity contribution in [2.24, 2.45) is 11.8 Å². The third-order valence-corrected chi connectivity index (χ3v) is 4.33. The van der Waals surface area contributed by atoms with E-state index in [-0.39, 0.29) is 0 Å². The zero-order valence-electron chi connectivity index (χ0n) is 12.0. The number of hydrogen-bond acceptors (Lipinski definition) is 2. The van der Waals surface area contributed by atoms with Gasteiger partial charge in [0, 0.05) is 24.2 Å². The van der Waals surface area contributed by atoms with E-state index in [1.165, 1.54) is 31.2 Å². The Kier molecular flexibility index (Phi) is 4.98. The average molecular weight is 294 g/mol. The quantitative estimate of drug-likeness (QED) is 0.750. The van der Waals surface area contributed by atoms with Crippen molar-refractivity contribution >= 4 is 11.6 Å². The van der Waals surface area contributed by atoms with Crippen molar-refractivity contribution in [2.75, 3.05) is 19.8 Å². The van der Waals surface area contributed by atoms with Crippen LogP contribution in [0.25, 0.3) is 0 Å². The molecule has 3 heteroatoms. The summed E-state index contributed by atoms with van der Waals surface area (Å²) in [5.41, 5.74) is 1.31. The summed E-state index contributed by atoms with van der Waals surface area (Å²) in [6, 6.07) is 8.98. The van der Waals surface area contributed by atoms with Crippen molar-refractivity contribution in [3.8, 4) is 0 Å². The lowest BCUT2D eigenvalue weighted by atomic mass is 10.00. The molecule has 2 aliphatic carbocycles. The lowest BCUT2D eigenvalue weighted by Gasteiger charge is -2.18. The van der Waals surface area contributed by atoms with Crippen molar-refractivity contribution in [3.63, 3.8) is 0 Å².